The Hall–Kier alpha value is -1.24. The molecule has 1 heterocycles. The van der Waals surface area contributed by atoms with Crippen LogP contribution in [0.2, 0.25) is 0 Å². The van der Waals surface area contributed by atoms with Crippen molar-refractivity contribution in [2.24, 2.45) is 5.73 Å². The van der Waals surface area contributed by atoms with Crippen LogP contribution in [0.5, 0.6) is 0 Å². The number of rotatable bonds is 4. The summed E-state index contributed by atoms with van der Waals surface area (Å²) < 4.78 is 0.867. The molecule has 2 rings (SSSR count). The average Bonchev–Trinajstić information content (AvgIpc) is 2.83. The highest BCUT2D eigenvalue weighted by Gasteiger charge is 2.10. The molecule has 0 saturated carbocycles. The second-order valence-corrected chi connectivity index (χ2v) is 6.05. The lowest BCUT2D eigenvalue weighted by Crippen LogP contribution is -2.18. The Balaban J connectivity index is 2.14. The molecule has 98 valence electrons. The second-order valence-electron chi connectivity index (χ2n) is 3.91. The minimum atomic E-state index is -0.0850. The zero-order valence-corrected chi connectivity index (χ0v) is 13.1. The molecule has 1 aromatic carbocycles. The van der Waals surface area contributed by atoms with Crippen LogP contribution in [0.4, 0.5) is 5.69 Å². The van der Waals surface area contributed by atoms with Crippen LogP contribution in [0.3, 0.4) is 0 Å². The van der Waals surface area contributed by atoms with Crippen LogP contribution in [0.1, 0.15) is 11.1 Å². The molecular formula is C13H11BrN2OS2. The number of carbonyl (C=O) groups is 1. The van der Waals surface area contributed by atoms with Crippen molar-refractivity contribution in [2.45, 2.75) is 6.42 Å². The van der Waals surface area contributed by atoms with E-state index < -0.39 is 0 Å². The van der Waals surface area contributed by atoms with Gasteiger partial charge in [-0.05, 0) is 40.6 Å². The van der Waals surface area contributed by atoms with E-state index in [9.17, 15) is 4.79 Å². The number of nitrogens with one attached hydrogen (secondary N) is 1. The third-order valence-corrected chi connectivity index (χ3v) is 3.91. The van der Waals surface area contributed by atoms with Gasteiger partial charge in [-0.15, -0.1) is 0 Å². The molecule has 0 aliphatic rings. The zero-order valence-electron chi connectivity index (χ0n) is 9.85. The van der Waals surface area contributed by atoms with Crippen LogP contribution >= 0.6 is 39.5 Å². The normalized spacial score (nSPS) is 10.2. The summed E-state index contributed by atoms with van der Waals surface area (Å²) in [5.74, 6) is -0.0850. The van der Waals surface area contributed by atoms with Crippen molar-refractivity contribution in [3.05, 3.63) is 50.6 Å². The summed E-state index contributed by atoms with van der Waals surface area (Å²) in [5.41, 5.74) is 7.94. The van der Waals surface area contributed by atoms with Crippen molar-refractivity contribution in [1.29, 1.82) is 0 Å². The van der Waals surface area contributed by atoms with E-state index in [2.05, 4.69) is 21.2 Å². The predicted molar refractivity (Wildman–Crippen MR) is 86.7 cm³/mol. The van der Waals surface area contributed by atoms with Gasteiger partial charge in [0, 0.05) is 10.0 Å². The molecule has 3 N–H and O–H groups in total. The number of nitrogens with two attached hydrogens (primary N) is 1. The van der Waals surface area contributed by atoms with Gasteiger partial charge in [0.1, 0.15) is 4.99 Å². The number of anilines is 1. The van der Waals surface area contributed by atoms with Crippen molar-refractivity contribution in [2.75, 3.05) is 5.32 Å². The van der Waals surface area contributed by atoms with E-state index >= 15 is 0 Å². The van der Waals surface area contributed by atoms with Gasteiger partial charge in [-0.2, -0.15) is 11.3 Å². The number of hydrogen-bond acceptors (Lipinski definition) is 3. The predicted octanol–water partition coefficient (Wildman–Crippen LogP) is 3.33. The summed E-state index contributed by atoms with van der Waals surface area (Å²) in [7, 11) is 0. The van der Waals surface area contributed by atoms with Crippen molar-refractivity contribution in [3.63, 3.8) is 0 Å². The maximum atomic E-state index is 11.9. The fraction of sp³-hybridized carbons (Fsp3) is 0.0769. The molecule has 0 atom stereocenters. The highest BCUT2D eigenvalue weighted by atomic mass is 79.9. The number of hydrogen-bond donors (Lipinski definition) is 2. The second kappa shape index (κ2) is 6.27. The fourth-order valence-corrected chi connectivity index (χ4v) is 2.80. The van der Waals surface area contributed by atoms with Gasteiger partial charge >= 0.3 is 0 Å². The number of amides is 1. The molecule has 1 amide bonds. The topological polar surface area (TPSA) is 55.1 Å². The van der Waals surface area contributed by atoms with Crippen molar-refractivity contribution < 1.29 is 4.79 Å². The Bertz CT molecular complexity index is 611. The van der Waals surface area contributed by atoms with Gasteiger partial charge in [-0.25, -0.2) is 0 Å². The highest BCUT2D eigenvalue weighted by Crippen LogP contribution is 2.21. The Kier molecular flexibility index (Phi) is 4.68. The minimum absolute atomic E-state index is 0.0850. The number of benzene rings is 1. The molecule has 0 spiro atoms. The van der Waals surface area contributed by atoms with Crippen LogP contribution in [-0.4, -0.2) is 10.9 Å². The highest BCUT2D eigenvalue weighted by molar-refractivity contribution is 9.10. The molecule has 0 aliphatic carbocycles. The Morgan fingerprint density at radius 2 is 2.21 bits per heavy atom. The molecule has 0 radical (unpaired) electrons. The van der Waals surface area contributed by atoms with E-state index in [0.717, 1.165) is 10.0 Å². The monoisotopic (exact) mass is 354 g/mol. The van der Waals surface area contributed by atoms with Crippen LogP contribution in [-0.2, 0) is 11.2 Å². The molecule has 0 aliphatic heterocycles. The number of carbonyl (C=O) groups excluding carboxylic acids is 1. The van der Waals surface area contributed by atoms with E-state index in [4.69, 9.17) is 18.0 Å². The van der Waals surface area contributed by atoms with Gasteiger partial charge in [0.15, 0.2) is 0 Å². The first-order valence-corrected chi connectivity index (χ1v) is 7.61. The summed E-state index contributed by atoms with van der Waals surface area (Å²) in [6.45, 7) is 0. The Morgan fingerprint density at radius 3 is 2.84 bits per heavy atom. The van der Waals surface area contributed by atoms with Gasteiger partial charge < -0.3 is 11.1 Å². The zero-order chi connectivity index (χ0) is 13.8. The third kappa shape index (κ3) is 3.86. The van der Waals surface area contributed by atoms with E-state index in [1.807, 2.05) is 22.9 Å². The molecule has 1 aromatic heterocycles. The lowest BCUT2D eigenvalue weighted by atomic mass is 10.1. The molecule has 2 aromatic rings. The van der Waals surface area contributed by atoms with E-state index in [1.54, 1.807) is 23.5 Å². The first kappa shape index (κ1) is 14.2. The number of halogens is 1. The van der Waals surface area contributed by atoms with Crippen molar-refractivity contribution >= 4 is 56.1 Å². The summed E-state index contributed by atoms with van der Waals surface area (Å²) in [5, 5.41) is 6.74. The molecule has 3 nitrogen and oxygen atoms in total. The van der Waals surface area contributed by atoms with E-state index in [0.29, 0.717) is 17.7 Å². The van der Waals surface area contributed by atoms with Gasteiger partial charge in [-0.3, -0.25) is 4.79 Å². The number of thiophene rings is 1. The molecule has 0 unspecified atom stereocenters. The van der Waals surface area contributed by atoms with Gasteiger partial charge in [-0.1, -0.05) is 28.1 Å². The summed E-state index contributed by atoms with van der Waals surface area (Å²) in [4.78, 5) is 12.2. The molecule has 19 heavy (non-hydrogen) atoms. The first-order chi connectivity index (χ1) is 9.06. The quantitative estimate of drug-likeness (QED) is 0.828. The van der Waals surface area contributed by atoms with Crippen LogP contribution < -0.4 is 11.1 Å². The minimum Gasteiger partial charge on any atom is -0.389 e. The van der Waals surface area contributed by atoms with Crippen LogP contribution in [0, 0.1) is 0 Å². The lowest BCUT2D eigenvalue weighted by Gasteiger charge is -2.10. The Labute approximate surface area is 129 Å². The smallest absolute Gasteiger partial charge is 0.228 e. The SMILES string of the molecule is NC(=S)c1cc(Br)ccc1NC(=O)Cc1ccsc1. The summed E-state index contributed by atoms with van der Waals surface area (Å²) >= 11 is 9.91. The fourth-order valence-electron chi connectivity index (χ4n) is 1.60. The van der Waals surface area contributed by atoms with Gasteiger partial charge in [0.2, 0.25) is 5.91 Å². The first-order valence-electron chi connectivity index (χ1n) is 5.46. The third-order valence-electron chi connectivity index (χ3n) is 2.47. The standard InChI is InChI=1S/C13H11BrN2OS2/c14-9-1-2-11(10(6-9)13(15)18)16-12(17)5-8-3-4-19-7-8/h1-4,6-7H,5H2,(H2,15,18)(H,16,17). The Morgan fingerprint density at radius 1 is 1.42 bits per heavy atom. The maximum Gasteiger partial charge on any atom is 0.228 e. The van der Waals surface area contributed by atoms with Gasteiger partial charge in [0.05, 0.1) is 12.1 Å². The maximum absolute atomic E-state index is 11.9. The van der Waals surface area contributed by atoms with Crippen molar-refractivity contribution in [3.8, 4) is 0 Å². The van der Waals surface area contributed by atoms with E-state index in [1.165, 1.54) is 0 Å². The van der Waals surface area contributed by atoms with E-state index in [-0.39, 0.29) is 10.9 Å². The van der Waals surface area contributed by atoms with Crippen LogP contribution in [0.15, 0.2) is 39.5 Å². The molecule has 0 saturated heterocycles. The molecule has 0 fully saturated rings. The van der Waals surface area contributed by atoms with Gasteiger partial charge in [0.25, 0.3) is 0 Å². The lowest BCUT2D eigenvalue weighted by molar-refractivity contribution is -0.115. The molecule has 0 bridgehead atoms. The number of thiocarbonyl (C=S) groups is 1. The largest absolute Gasteiger partial charge is 0.389 e. The molecular weight excluding hydrogens is 344 g/mol. The summed E-state index contributed by atoms with van der Waals surface area (Å²) in [6.07, 6.45) is 0.344. The summed E-state index contributed by atoms with van der Waals surface area (Å²) in [6, 6.07) is 7.34. The van der Waals surface area contributed by atoms with Crippen LogP contribution in [0.25, 0.3) is 0 Å². The average molecular weight is 355 g/mol. The van der Waals surface area contributed by atoms with Crippen molar-refractivity contribution in [1.82, 2.24) is 0 Å². The molecule has 6 heteroatoms.